The number of nitrogens with zero attached hydrogens (tertiary/aromatic N) is 1. The van der Waals surface area contributed by atoms with Gasteiger partial charge in [-0.05, 0) is 19.1 Å². The number of carbonyl (C=O) groups is 2. The molecule has 96 valence electrons. The van der Waals surface area contributed by atoms with Gasteiger partial charge in [0.05, 0.1) is 30.4 Å². The lowest BCUT2D eigenvalue weighted by Gasteiger charge is -2.33. The number of aromatic carboxylic acids is 1. The second kappa shape index (κ2) is 5.18. The molecule has 5 nitrogen and oxygen atoms in total. The van der Waals surface area contributed by atoms with Crippen LogP contribution in [0.2, 0.25) is 0 Å². The maximum atomic E-state index is 12.3. The van der Waals surface area contributed by atoms with E-state index in [4.69, 9.17) is 9.84 Å². The summed E-state index contributed by atoms with van der Waals surface area (Å²) >= 11 is 0. The Hall–Kier alpha value is -1.88. The molecule has 0 spiro atoms. The number of carbonyl (C=O) groups excluding carboxylic acids is 1. The molecule has 0 aromatic heterocycles. The molecule has 5 heteroatoms. The first-order chi connectivity index (χ1) is 8.61. The molecule has 0 aliphatic carbocycles. The van der Waals surface area contributed by atoms with Crippen LogP contribution in [0, 0.1) is 0 Å². The molecule has 1 amide bonds. The zero-order chi connectivity index (χ0) is 13.1. The zero-order valence-electron chi connectivity index (χ0n) is 10.1. The van der Waals surface area contributed by atoms with Gasteiger partial charge >= 0.3 is 5.97 Å². The van der Waals surface area contributed by atoms with E-state index in [1.54, 1.807) is 23.1 Å². The van der Waals surface area contributed by atoms with Crippen molar-refractivity contribution in [1.29, 1.82) is 0 Å². The minimum absolute atomic E-state index is 0.0342. The number of amides is 1. The molecule has 1 atom stereocenters. The third-order valence-corrected chi connectivity index (χ3v) is 3.02. The van der Waals surface area contributed by atoms with Crippen molar-refractivity contribution in [3.05, 3.63) is 35.4 Å². The van der Waals surface area contributed by atoms with Crippen molar-refractivity contribution in [3.63, 3.8) is 0 Å². The summed E-state index contributed by atoms with van der Waals surface area (Å²) in [6.45, 7) is 3.36. The van der Waals surface area contributed by atoms with Crippen LogP contribution in [-0.2, 0) is 4.74 Å². The van der Waals surface area contributed by atoms with E-state index < -0.39 is 5.97 Å². The Labute approximate surface area is 105 Å². The molecular weight excluding hydrogens is 234 g/mol. The van der Waals surface area contributed by atoms with Gasteiger partial charge in [0.25, 0.3) is 5.91 Å². The number of ether oxygens (including phenoxy) is 1. The summed E-state index contributed by atoms with van der Waals surface area (Å²) in [5, 5.41) is 9.08. The van der Waals surface area contributed by atoms with Crippen LogP contribution in [0.15, 0.2) is 24.3 Å². The maximum absolute atomic E-state index is 12.3. The van der Waals surface area contributed by atoms with Crippen molar-refractivity contribution in [1.82, 2.24) is 4.90 Å². The Morgan fingerprint density at radius 1 is 1.33 bits per heavy atom. The summed E-state index contributed by atoms with van der Waals surface area (Å²) in [6, 6.07) is 6.25. The molecule has 0 radical (unpaired) electrons. The second-order valence-electron chi connectivity index (χ2n) is 4.27. The second-order valence-corrected chi connectivity index (χ2v) is 4.27. The van der Waals surface area contributed by atoms with Gasteiger partial charge in [-0.15, -0.1) is 0 Å². The standard InChI is InChI=1S/C13H15NO4/c1-9-8-18-7-6-14(9)12(15)10-4-2-3-5-11(10)13(16)17/h2-5,9H,6-8H2,1H3,(H,16,17)/t9-/m1/s1. The Kier molecular flexibility index (Phi) is 3.62. The number of carboxylic acids is 1. The minimum Gasteiger partial charge on any atom is -0.478 e. The molecule has 1 N–H and O–H groups in total. The summed E-state index contributed by atoms with van der Waals surface area (Å²) in [5.74, 6) is -1.33. The van der Waals surface area contributed by atoms with Gasteiger partial charge in [-0.25, -0.2) is 4.79 Å². The maximum Gasteiger partial charge on any atom is 0.336 e. The lowest BCUT2D eigenvalue weighted by atomic mass is 10.1. The predicted molar refractivity (Wildman–Crippen MR) is 64.7 cm³/mol. The van der Waals surface area contributed by atoms with Gasteiger partial charge in [0.1, 0.15) is 0 Å². The van der Waals surface area contributed by atoms with Gasteiger partial charge < -0.3 is 14.7 Å². The number of benzene rings is 1. The summed E-state index contributed by atoms with van der Waals surface area (Å²) in [6.07, 6.45) is 0. The quantitative estimate of drug-likeness (QED) is 0.856. The van der Waals surface area contributed by atoms with Gasteiger partial charge in [0, 0.05) is 6.54 Å². The van der Waals surface area contributed by atoms with Gasteiger partial charge in [-0.3, -0.25) is 4.79 Å². The van der Waals surface area contributed by atoms with Crippen LogP contribution in [0.3, 0.4) is 0 Å². The molecular formula is C13H15NO4. The smallest absolute Gasteiger partial charge is 0.336 e. The molecule has 1 aromatic rings. The van der Waals surface area contributed by atoms with Crippen LogP contribution < -0.4 is 0 Å². The van der Waals surface area contributed by atoms with Crippen LogP contribution in [-0.4, -0.2) is 47.7 Å². The molecule has 1 aliphatic heterocycles. The first-order valence-electron chi connectivity index (χ1n) is 5.82. The van der Waals surface area contributed by atoms with Crippen molar-refractivity contribution in [3.8, 4) is 0 Å². The zero-order valence-corrected chi connectivity index (χ0v) is 10.1. The van der Waals surface area contributed by atoms with Crippen molar-refractivity contribution >= 4 is 11.9 Å². The number of hydrogen-bond acceptors (Lipinski definition) is 3. The molecule has 1 heterocycles. The van der Waals surface area contributed by atoms with Crippen LogP contribution >= 0.6 is 0 Å². The monoisotopic (exact) mass is 249 g/mol. The lowest BCUT2D eigenvalue weighted by Crippen LogP contribution is -2.47. The SMILES string of the molecule is C[C@@H]1COCCN1C(=O)c1ccccc1C(=O)O. The van der Waals surface area contributed by atoms with Gasteiger partial charge in [0.2, 0.25) is 0 Å². The van der Waals surface area contributed by atoms with E-state index in [1.807, 2.05) is 6.92 Å². The molecule has 1 aromatic carbocycles. The van der Waals surface area contributed by atoms with Crippen molar-refractivity contribution in [2.45, 2.75) is 13.0 Å². The average molecular weight is 249 g/mol. The van der Waals surface area contributed by atoms with Crippen LogP contribution in [0.25, 0.3) is 0 Å². The summed E-state index contributed by atoms with van der Waals surface area (Å²) in [7, 11) is 0. The molecule has 1 fully saturated rings. The highest BCUT2D eigenvalue weighted by molar-refractivity contribution is 6.04. The van der Waals surface area contributed by atoms with E-state index in [0.717, 1.165) is 0 Å². The van der Waals surface area contributed by atoms with Crippen LogP contribution in [0.5, 0.6) is 0 Å². The van der Waals surface area contributed by atoms with E-state index in [1.165, 1.54) is 6.07 Å². The van der Waals surface area contributed by atoms with E-state index in [9.17, 15) is 9.59 Å². The molecule has 0 saturated carbocycles. The van der Waals surface area contributed by atoms with E-state index in [-0.39, 0.29) is 23.1 Å². The number of carboxylic acid groups (broad SMARTS) is 1. The Balaban J connectivity index is 2.30. The molecule has 0 bridgehead atoms. The Bertz CT molecular complexity index is 472. The van der Waals surface area contributed by atoms with Gasteiger partial charge in [-0.2, -0.15) is 0 Å². The highest BCUT2D eigenvalue weighted by atomic mass is 16.5. The number of morpholine rings is 1. The fraction of sp³-hybridized carbons (Fsp3) is 0.385. The Morgan fingerprint density at radius 3 is 2.61 bits per heavy atom. The largest absolute Gasteiger partial charge is 0.478 e. The highest BCUT2D eigenvalue weighted by Gasteiger charge is 2.27. The van der Waals surface area contributed by atoms with Crippen molar-refractivity contribution in [2.24, 2.45) is 0 Å². The fourth-order valence-electron chi connectivity index (χ4n) is 2.04. The lowest BCUT2D eigenvalue weighted by molar-refractivity contribution is 0.00346. The Morgan fingerprint density at radius 2 is 2.00 bits per heavy atom. The molecule has 0 unspecified atom stereocenters. The molecule has 2 rings (SSSR count). The third kappa shape index (κ3) is 2.36. The molecule has 18 heavy (non-hydrogen) atoms. The van der Waals surface area contributed by atoms with Gasteiger partial charge in [-0.1, -0.05) is 12.1 Å². The average Bonchev–Trinajstić information content (AvgIpc) is 2.38. The fourth-order valence-corrected chi connectivity index (χ4v) is 2.04. The van der Waals surface area contributed by atoms with Crippen LogP contribution in [0.4, 0.5) is 0 Å². The predicted octanol–water partition coefficient (Wildman–Crippen LogP) is 1.25. The summed E-state index contributed by atoms with van der Waals surface area (Å²) < 4.78 is 5.27. The third-order valence-electron chi connectivity index (χ3n) is 3.02. The molecule has 1 aliphatic rings. The van der Waals surface area contributed by atoms with Crippen molar-refractivity contribution in [2.75, 3.05) is 19.8 Å². The summed E-state index contributed by atoms with van der Waals surface area (Å²) in [5.41, 5.74) is 0.278. The first-order valence-corrected chi connectivity index (χ1v) is 5.82. The highest BCUT2D eigenvalue weighted by Crippen LogP contribution is 2.16. The number of rotatable bonds is 2. The number of hydrogen-bond donors (Lipinski definition) is 1. The van der Waals surface area contributed by atoms with E-state index >= 15 is 0 Å². The van der Waals surface area contributed by atoms with E-state index in [2.05, 4.69) is 0 Å². The first kappa shape index (κ1) is 12.6. The minimum atomic E-state index is -1.08. The summed E-state index contributed by atoms with van der Waals surface area (Å²) in [4.78, 5) is 25.1. The van der Waals surface area contributed by atoms with Crippen molar-refractivity contribution < 1.29 is 19.4 Å². The van der Waals surface area contributed by atoms with E-state index in [0.29, 0.717) is 19.8 Å². The normalized spacial score (nSPS) is 19.6. The van der Waals surface area contributed by atoms with Gasteiger partial charge in [0.15, 0.2) is 0 Å². The topological polar surface area (TPSA) is 66.8 Å². The van der Waals surface area contributed by atoms with Crippen LogP contribution in [0.1, 0.15) is 27.6 Å². The molecule has 1 saturated heterocycles.